The van der Waals surface area contributed by atoms with Crippen LogP contribution in [-0.4, -0.2) is 44.3 Å². The van der Waals surface area contributed by atoms with Crippen LogP contribution in [0.4, 0.5) is 0 Å². The molecule has 0 saturated carbocycles. The predicted molar refractivity (Wildman–Crippen MR) is 47.9 cm³/mol. The van der Waals surface area contributed by atoms with Gasteiger partial charge in [-0.05, 0) is 18.9 Å². The smallest absolute Gasteiger partial charge is 0.0510 e. The lowest BCUT2D eigenvalue weighted by Crippen LogP contribution is -2.42. The molecule has 3 heteroatoms. The van der Waals surface area contributed by atoms with E-state index in [1.807, 2.05) is 0 Å². The van der Waals surface area contributed by atoms with E-state index in [0.717, 1.165) is 38.1 Å². The fourth-order valence-corrected chi connectivity index (χ4v) is 2.32. The Labute approximate surface area is 73.9 Å². The minimum Gasteiger partial charge on any atom is -0.381 e. The summed E-state index contributed by atoms with van der Waals surface area (Å²) < 4.78 is 5.46. The minimum absolute atomic E-state index is 0.790. The molecule has 0 amide bonds. The molecule has 0 aliphatic carbocycles. The van der Waals surface area contributed by atoms with E-state index < -0.39 is 0 Å². The van der Waals surface area contributed by atoms with Gasteiger partial charge in [0.15, 0.2) is 0 Å². The summed E-state index contributed by atoms with van der Waals surface area (Å²) in [6, 6.07) is 0. The van der Waals surface area contributed by atoms with Crippen molar-refractivity contribution in [3.63, 3.8) is 0 Å². The molecule has 0 aromatic carbocycles. The summed E-state index contributed by atoms with van der Waals surface area (Å²) in [6.07, 6.45) is 1.31. The lowest BCUT2D eigenvalue weighted by Gasteiger charge is -2.33. The fourth-order valence-electron chi connectivity index (χ4n) is 2.32. The Morgan fingerprint density at radius 3 is 3.00 bits per heavy atom. The first kappa shape index (κ1) is 8.48. The van der Waals surface area contributed by atoms with Crippen molar-refractivity contribution in [2.24, 2.45) is 17.6 Å². The second kappa shape index (κ2) is 3.73. The molecule has 3 nitrogen and oxygen atoms in total. The molecule has 2 heterocycles. The minimum atomic E-state index is 0.790. The largest absolute Gasteiger partial charge is 0.381 e. The van der Waals surface area contributed by atoms with Gasteiger partial charge in [0.05, 0.1) is 6.61 Å². The third-order valence-corrected chi connectivity index (χ3v) is 3.08. The van der Waals surface area contributed by atoms with Crippen molar-refractivity contribution in [1.29, 1.82) is 0 Å². The molecule has 2 saturated heterocycles. The lowest BCUT2D eigenvalue weighted by atomic mass is 9.89. The number of piperidine rings is 1. The third-order valence-electron chi connectivity index (χ3n) is 3.08. The molecule has 2 rings (SSSR count). The van der Waals surface area contributed by atoms with Crippen molar-refractivity contribution >= 4 is 0 Å². The quantitative estimate of drug-likeness (QED) is 0.629. The summed E-state index contributed by atoms with van der Waals surface area (Å²) in [5.74, 6) is 1.64. The van der Waals surface area contributed by atoms with E-state index in [9.17, 15) is 0 Å². The molecular weight excluding hydrogens is 152 g/mol. The normalized spacial score (nSPS) is 36.8. The van der Waals surface area contributed by atoms with Crippen molar-refractivity contribution in [3.05, 3.63) is 0 Å². The van der Waals surface area contributed by atoms with E-state index in [0.29, 0.717) is 0 Å². The van der Waals surface area contributed by atoms with Crippen molar-refractivity contribution < 1.29 is 4.74 Å². The summed E-state index contributed by atoms with van der Waals surface area (Å²) >= 11 is 0. The molecule has 0 spiro atoms. The Kier molecular flexibility index (Phi) is 2.63. The molecule has 2 atom stereocenters. The van der Waals surface area contributed by atoms with Crippen LogP contribution in [0.5, 0.6) is 0 Å². The number of hydrogen-bond donors (Lipinski definition) is 1. The number of nitrogens with two attached hydrogens (primary N) is 1. The maximum atomic E-state index is 5.52. The van der Waals surface area contributed by atoms with Crippen LogP contribution in [0.25, 0.3) is 0 Å². The maximum Gasteiger partial charge on any atom is 0.0510 e. The van der Waals surface area contributed by atoms with Crippen LogP contribution >= 0.6 is 0 Å². The standard InChI is InChI=1S/C9H18N2O/c10-2-4-11-3-1-8-6-12-7-9(8)5-11/h8-9H,1-7,10H2/t8-,9+/m1/s1. The number of likely N-dealkylation sites (tertiary alicyclic amines) is 1. The van der Waals surface area contributed by atoms with Crippen LogP contribution in [0.3, 0.4) is 0 Å². The Balaban J connectivity index is 1.84. The Bertz CT molecular complexity index is 151. The van der Waals surface area contributed by atoms with E-state index in [1.54, 1.807) is 0 Å². The Morgan fingerprint density at radius 2 is 2.17 bits per heavy atom. The molecule has 2 aliphatic rings. The molecule has 70 valence electrons. The Morgan fingerprint density at radius 1 is 1.33 bits per heavy atom. The summed E-state index contributed by atoms with van der Waals surface area (Å²) in [5.41, 5.74) is 5.52. The van der Waals surface area contributed by atoms with Crippen LogP contribution in [0.1, 0.15) is 6.42 Å². The highest BCUT2D eigenvalue weighted by atomic mass is 16.5. The van der Waals surface area contributed by atoms with Crippen LogP contribution in [-0.2, 0) is 4.74 Å². The summed E-state index contributed by atoms with van der Waals surface area (Å²) in [6.45, 7) is 6.26. The van der Waals surface area contributed by atoms with Gasteiger partial charge in [-0.3, -0.25) is 0 Å². The zero-order valence-electron chi connectivity index (χ0n) is 7.54. The highest BCUT2D eigenvalue weighted by Crippen LogP contribution is 2.28. The SMILES string of the molecule is NCCN1CC[C@@H]2COC[C@@H]2C1. The molecule has 0 radical (unpaired) electrons. The topological polar surface area (TPSA) is 38.5 Å². The van der Waals surface area contributed by atoms with Gasteiger partial charge in [-0.1, -0.05) is 0 Å². The van der Waals surface area contributed by atoms with E-state index in [2.05, 4.69) is 4.90 Å². The van der Waals surface area contributed by atoms with Crippen molar-refractivity contribution in [3.8, 4) is 0 Å². The first-order valence-electron chi connectivity index (χ1n) is 4.90. The fraction of sp³-hybridized carbons (Fsp3) is 1.00. The zero-order chi connectivity index (χ0) is 8.39. The monoisotopic (exact) mass is 170 g/mol. The summed E-state index contributed by atoms with van der Waals surface area (Å²) in [4.78, 5) is 2.47. The van der Waals surface area contributed by atoms with E-state index in [4.69, 9.17) is 10.5 Å². The highest BCUT2D eigenvalue weighted by molar-refractivity contribution is 4.83. The third kappa shape index (κ3) is 1.63. The maximum absolute atomic E-state index is 5.52. The average molecular weight is 170 g/mol. The molecule has 2 fully saturated rings. The first-order valence-corrected chi connectivity index (χ1v) is 4.90. The lowest BCUT2D eigenvalue weighted by molar-refractivity contribution is 0.150. The predicted octanol–water partition coefficient (Wildman–Crippen LogP) is -0.0866. The van der Waals surface area contributed by atoms with Gasteiger partial charge >= 0.3 is 0 Å². The van der Waals surface area contributed by atoms with Gasteiger partial charge in [0.1, 0.15) is 0 Å². The second-order valence-electron chi connectivity index (χ2n) is 3.94. The molecule has 2 aliphatic heterocycles. The first-order chi connectivity index (χ1) is 5.90. The molecule has 0 aromatic rings. The van der Waals surface area contributed by atoms with Crippen LogP contribution in [0.2, 0.25) is 0 Å². The molecule has 0 bridgehead atoms. The molecular formula is C9H18N2O. The van der Waals surface area contributed by atoms with Crippen LogP contribution in [0, 0.1) is 11.8 Å². The number of nitrogens with zero attached hydrogens (tertiary/aromatic N) is 1. The average Bonchev–Trinajstić information content (AvgIpc) is 2.51. The van der Waals surface area contributed by atoms with Gasteiger partial charge in [0.25, 0.3) is 0 Å². The van der Waals surface area contributed by atoms with Gasteiger partial charge in [0.2, 0.25) is 0 Å². The number of fused-ring (bicyclic) bond motifs is 1. The molecule has 0 unspecified atom stereocenters. The van der Waals surface area contributed by atoms with Crippen molar-refractivity contribution in [2.45, 2.75) is 6.42 Å². The van der Waals surface area contributed by atoms with Crippen LogP contribution < -0.4 is 5.73 Å². The molecule has 12 heavy (non-hydrogen) atoms. The highest BCUT2D eigenvalue weighted by Gasteiger charge is 2.33. The molecule has 0 aromatic heterocycles. The van der Waals surface area contributed by atoms with Gasteiger partial charge in [-0.25, -0.2) is 0 Å². The van der Waals surface area contributed by atoms with Crippen molar-refractivity contribution in [1.82, 2.24) is 4.90 Å². The number of hydrogen-bond acceptors (Lipinski definition) is 3. The summed E-state index contributed by atoms with van der Waals surface area (Å²) in [5, 5.41) is 0. The van der Waals surface area contributed by atoms with Gasteiger partial charge in [-0.2, -0.15) is 0 Å². The van der Waals surface area contributed by atoms with Gasteiger partial charge in [0, 0.05) is 32.2 Å². The van der Waals surface area contributed by atoms with E-state index in [1.165, 1.54) is 19.5 Å². The van der Waals surface area contributed by atoms with E-state index >= 15 is 0 Å². The van der Waals surface area contributed by atoms with E-state index in [-0.39, 0.29) is 0 Å². The number of ether oxygens (including phenoxy) is 1. The van der Waals surface area contributed by atoms with Crippen LogP contribution in [0.15, 0.2) is 0 Å². The van der Waals surface area contributed by atoms with Crippen molar-refractivity contribution in [2.75, 3.05) is 39.4 Å². The van der Waals surface area contributed by atoms with Gasteiger partial charge < -0.3 is 15.4 Å². The molecule has 2 N–H and O–H groups in total. The summed E-state index contributed by atoms with van der Waals surface area (Å²) in [7, 11) is 0. The zero-order valence-corrected chi connectivity index (χ0v) is 7.54. The Hall–Kier alpha value is -0.120. The van der Waals surface area contributed by atoms with Gasteiger partial charge in [-0.15, -0.1) is 0 Å². The number of rotatable bonds is 2. The second-order valence-corrected chi connectivity index (χ2v) is 3.94.